The largest absolute Gasteiger partial charge is 0.494 e. The van der Waals surface area contributed by atoms with Gasteiger partial charge in [0.2, 0.25) is 0 Å². The molecule has 2 saturated carbocycles. The number of rotatable bonds is 17. The molecule has 2 aliphatic carbocycles. The molecule has 0 aromatic carbocycles. The standard InChI is InChI=1S/C39H59N7O3Si2/c1-10-49-28(2)36-37(32-22-29-11-12-30(21-29)23-32)42-38-33(31-13-14-34(40-24-31)35-15-16-44(3)43-35)25-41-46(38)39(36)45(26-47-17-19-50(4,5)6)27-48-18-20-51(7,8)9/h13-16,24-25,29-30,32H,2,10-12,17-23,26-27H2,1,3-9H3/t29-,30+,32?. The van der Waals surface area contributed by atoms with Gasteiger partial charge < -0.3 is 19.1 Å². The summed E-state index contributed by atoms with van der Waals surface area (Å²) >= 11 is 0. The zero-order valence-electron chi connectivity index (χ0n) is 32.2. The van der Waals surface area contributed by atoms with E-state index in [-0.39, 0.29) is 0 Å². The van der Waals surface area contributed by atoms with Crippen LogP contribution in [0.1, 0.15) is 56.2 Å². The molecular weight excluding hydrogens is 671 g/mol. The second kappa shape index (κ2) is 15.7. The Morgan fingerprint density at radius 1 is 0.902 bits per heavy atom. The van der Waals surface area contributed by atoms with Crippen molar-refractivity contribution in [2.45, 2.75) is 96.3 Å². The van der Waals surface area contributed by atoms with Gasteiger partial charge in [0.25, 0.3) is 0 Å². The van der Waals surface area contributed by atoms with Crippen molar-refractivity contribution >= 4 is 33.4 Å². The van der Waals surface area contributed by atoms with E-state index in [1.54, 1.807) is 4.68 Å². The Labute approximate surface area is 306 Å². The molecule has 51 heavy (non-hydrogen) atoms. The Morgan fingerprint density at radius 2 is 1.57 bits per heavy atom. The summed E-state index contributed by atoms with van der Waals surface area (Å²) in [5.74, 6) is 3.28. The van der Waals surface area contributed by atoms with Crippen molar-refractivity contribution in [3.63, 3.8) is 0 Å². The lowest BCUT2D eigenvalue weighted by atomic mass is 9.78. The quantitative estimate of drug-likeness (QED) is 0.0461. The minimum Gasteiger partial charge on any atom is -0.494 e. The van der Waals surface area contributed by atoms with E-state index in [9.17, 15) is 0 Å². The van der Waals surface area contributed by atoms with E-state index in [4.69, 9.17) is 29.3 Å². The maximum Gasteiger partial charge on any atom is 0.165 e. The predicted molar refractivity (Wildman–Crippen MR) is 212 cm³/mol. The molecule has 4 heterocycles. The molecule has 276 valence electrons. The van der Waals surface area contributed by atoms with Crippen LogP contribution < -0.4 is 4.90 Å². The third-order valence-corrected chi connectivity index (χ3v) is 13.8. The highest BCUT2D eigenvalue weighted by molar-refractivity contribution is 6.76. The van der Waals surface area contributed by atoms with E-state index in [0.29, 0.717) is 45.0 Å². The van der Waals surface area contributed by atoms with Crippen LogP contribution in [0, 0.1) is 11.8 Å². The predicted octanol–water partition coefficient (Wildman–Crippen LogP) is 8.92. The van der Waals surface area contributed by atoms with Crippen molar-refractivity contribution in [1.82, 2.24) is 29.4 Å². The molecule has 12 heteroatoms. The number of nitrogens with zero attached hydrogens (tertiary/aromatic N) is 7. The van der Waals surface area contributed by atoms with Crippen molar-refractivity contribution in [2.75, 3.05) is 38.2 Å². The second-order valence-electron chi connectivity index (χ2n) is 17.1. The molecule has 3 atom stereocenters. The molecule has 2 bridgehead atoms. The third kappa shape index (κ3) is 9.19. The topological polar surface area (TPSA) is 91.8 Å². The maximum absolute atomic E-state index is 6.49. The minimum absolute atomic E-state index is 0.307. The van der Waals surface area contributed by atoms with Crippen molar-refractivity contribution < 1.29 is 14.2 Å². The summed E-state index contributed by atoms with van der Waals surface area (Å²) in [6, 6.07) is 8.28. The lowest BCUT2D eigenvalue weighted by Crippen LogP contribution is -2.34. The number of aromatic nitrogens is 6. The van der Waals surface area contributed by atoms with E-state index < -0.39 is 16.1 Å². The van der Waals surface area contributed by atoms with Gasteiger partial charge >= 0.3 is 0 Å². The van der Waals surface area contributed by atoms with E-state index in [0.717, 1.165) is 82.0 Å². The molecule has 0 radical (unpaired) electrons. The van der Waals surface area contributed by atoms with Crippen LogP contribution in [0.5, 0.6) is 0 Å². The van der Waals surface area contributed by atoms with Crippen LogP contribution in [0.3, 0.4) is 0 Å². The van der Waals surface area contributed by atoms with Gasteiger partial charge in [0.1, 0.15) is 30.7 Å². The molecule has 1 unspecified atom stereocenters. The van der Waals surface area contributed by atoms with E-state index >= 15 is 0 Å². The Hall–Kier alpha value is -3.33. The smallest absolute Gasteiger partial charge is 0.165 e. The van der Waals surface area contributed by atoms with Gasteiger partial charge in [-0.3, -0.25) is 9.67 Å². The number of pyridine rings is 1. The van der Waals surface area contributed by atoms with Gasteiger partial charge in [-0.25, -0.2) is 4.98 Å². The molecule has 0 amide bonds. The van der Waals surface area contributed by atoms with Gasteiger partial charge in [-0.1, -0.05) is 64.8 Å². The summed E-state index contributed by atoms with van der Waals surface area (Å²) in [6.45, 7) is 23.5. The lowest BCUT2D eigenvalue weighted by molar-refractivity contribution is 0.0941. The van der Waals surface area contributed by atoms with Crippen molar-refractivity contribution in [3.8, 4) is 22.5 Å². The second-order valence-corrected chi connectivity index (χ2v) is 28.3. The van der Waals surface area contributed by atoms with Gasteiger partial charge in [0.05, 0.1) is 29.8 Å². The summed E-state index contributed by atoms with van der Waals surface area (Å²) in [5, 5.41) is 9.59. The molecule has 0 saturated heterocycles. The first-order valence-electron chi connectivity index (χ1n) is 18.9. The lowest BCUT2D eigenvalue weighted by Gasteiger charge is -2.33. The van der Waals surface area contributed by atoms with Gasteiger partial charge in [-0.05, 0) is 62.2 Å². The van der Waals surface area contributed by atoms with Crippen LogP contribution in [-0.2, 0) is 21.3 Å². The monoisotopic (exact) mass is 729 g/mol. The SMILES string of the molecule is C=C(OCC)c1c(C2C[C@H]3CC[C@@H](C2)C3)nc2c(-c3ccc(-c4ccn(C)n4)nc3)cnn2c1N(COCC[Si](C)(C)C)COCC[Si](C)(C)C. The number of aryl methyl sites for hydroxylation is 1. The maximum atomic E-state index is 6.49. The first kappa shape index (κ1) is 37.4. The van der Waals surface area contributed by atoms with Gasteiger partial charge in [-0.15, -0.1) is 0 Å². The molecule has 10 nitrogen and oxygen atoms in total. The fourth-order valence-electron chi connectivity index (χ4n) is 7.55. The molecule has 0 N–H and O–H groups in total. The molecule has 4 aromatic heterocycles. The summed E-state index contributed by atoms with van der Waals surface area (Å²) in [7, 11) is -0.650. The van der Waals surface area contributed by atoms with Crippen molar-refractivity contribution in [1.29, 1.82) is 0 Å². The first-order valence-corrected chi connectivity index (χ1v) is 26.3. The molecule has 2 aliphatic rings. The number of hydrogen-bond donors (Lipinski definition) is 0. The average Bonchev–Trinajstić information content (AvgIpc) is 3.80. The van der Waals surface area contributed by atoms with Crippen LogP contribution in [0.4, 0.5) is 5.82 Å². The molecule has 4 aromatic rings. The van der Waals surface area contributed by atoms with Gasteiger partial charge in [-0.2, -0.15) is 14.7 Å². The highest BCUT2D eigenvalue weighted by Gasteiger charge is 2.38. The van der Waals surface area contributed by atoms with Crippen LogP contribution in [0.2, 0.25) is 51.4 Å². The van der Waals surface area contributed by atoms with E-state index in [1.165, 1.54) is 19.3 Å². The van der Waals surface area contributed by atoms with Crippen LogP contribution in [0.15, 0.2) is 43.4 Å². The first-order chi connectivity index (χ1) is 24.3. The normalized spacial score (nSPS) is 19.2. The van der Waals surface area contributed by atoms with Crippen LogP contribution >= 0.6 is 0 Å². The molecule has 6 rings (SSSR count). The number of hydrogen-bond acceptors (Lipinski definition) is 8. The van der Waals surface area contributed by atoms with Crippen molar-refractivity contribution in [2.24, 2.45) is 18.9 Å². The molecule has 2 fully saturated rings. The van der Waals surface area contributed by atoms with Crippen LogP contribution in [-0.4, -0.2) is 78.8 Å². The van der Waals surface area contributed by atoms with Crippen molar-refractivity contribution in [3.05, 3.63) is 54.6 Å². The number of fused-ring (bicyclic) bond motifs is 3. The Kier molecular flexibility index (Phi) is 11.5. The number of ether oxygens (including phenoxy) is 3. The van der Waals surface area contributed by atoms with Gasteiger partial charge in [0.15, 0.2) is 5.65 Å². The van der Waals surface area contributed by atoms with Crippen LogP contribution in [0.25, 0.3) is 33.9 Å². The minimum atomic E-state index is -1.28. The van der Waals surface area contributed by atoms with E-state index in [1.807, 2.05) is 49.2 Å². The summed E-state index contributed by atoms with van der Waals surface area (Å²) in [4.78, 5) is 12.5. The van der Waals surface area contributed by atoms with Gasteiger partial charge in [0, 0.05) is 65.8 Å². The molecular formula is C39H59N7O3Si2. The Bertz CT molecular complexity index is 1760. The highest BCUT2D eigenvalue weighted by atomic mass is 28.3. The number of anilines is 1. The Balaban J connectivity index is 1.48. The fraction of sp³-hybridized carbons (Fsp3) is 0.590. The summed E-state index contributed by atoms with van der Waals surface area (Å²) in [5.41, 5.74) is 6.35. The zero-order chi connectivity index (χ0) is 36.3. The average molecular weight is 730 g/mol. The fourth-order valence-corrected chi connectivity index (χ4v) is 9.07. The Morgan fingerprint density at radius 3 is 2.12 bits per heavy atom. The van der Waals surface area contributed by atoms with E-state index in [2.05, 4.69) is 61.9 Å². The molecule has 0 aliphatic heterocycles. The zero-order valence-corrected chi connectivity index (χ0v) is 34.2. The summed E-state index contributed by atoms with van der Waals surface area (Å²) < 4.78 is 23.0. The highest BCUT2D eigenvalue weighted by Crippen LogP contribution is 2.50. The third-order valence-electron chi connectivity index (χ3n) is 10.4. The molecule has 0 spiro atoms. The summed E-state index contributed by atoms with van der Waals surface area (Å²) in [6.07, 6.45) is 12.0.